The number of nitrogens with one attached hydrogen (secondary N) is 2. The third-order valence-corrected chi connectivity index (χ3v) is 3.37. The number of hydrogen-bond donors (Lipinski definition) is 3. The summed E-state index contributed by atoms with van der Waals surface area (Å²) < 4.78 is 0. The van der Waals surface area contributed by atoms with E-state index in [-0.39, 0.29) is 5.91 Å². The van der Waals surface area contributed by atoms with Crippen LogP contribution in [0.15, 0.2) is 42.5 Å². The molecule has 0 unspecified atom stereocenters. The summed E-state index contributed by atoms with van der Waals surface area (Å²) in [6.07, 6.45) is 0. The van der Waals surface area contributed by atoms with E-state index in [0.29, 0.717) is 17.2 Å². The maximum absolute atomic E-state index is 11.7. The normalized spacial score (nSPS) is 10.5. The molecule has 0 saturated heterocycles. The highest BCUT2D eigenvalue weighted by atomic mass is 16.1. The number of hydrogen-bond acceptors (Lipinski definition) is 3. The zero-order valence-corrected chi connectivity index (χ0v) is 12.6. The van der Waals surface area contributed by atoms with Crippen LogP contribution < -0.4 is 16.4 Å². The van der Waals surface area contributed by atoms with E-state index in [9.17, 15) is 4.79 Å². The quantitative estimate of drug-likeness (QED) is 0.752. The number of nitrogen functional groups attached to an aromatic ring is 1. The van der Waals surface area contributed by atoms with E-state index in [2.05, 4.69) is 36.6 Å². The van der Waals surface area contributed by atoms with Crippen molar-refractivity contribution in [3.05, 3.63) is 53.6 Å². The van der Waals surface area contributed by atoms with Crippen LogP contribution in [-0.4, -0.2) is 13.0 Å². The topological polar surface area (TPSA) is 67.2 Å². The first-order chi connectivity index (χ1) is 10.0. The van der Waals surface area contributed by atoms with Crippen molar-refractivity contribution in [2.45, 2.75) is 19.8 Å². The summed E-state index contributed by atoms with van der Waals surface area (Å²) in [4.78, 5) is 11.7. The smallest absolute Gasteiger partial charge is 0.251 e. The second-order valence-electron chi connectivity index (χ2n) is 5.29. The van der Waals surface area contributed by atoms with Gasteiger partial charge in [-0.2, -0.15) is 0 Å². The van der Waals surface area contributed by atoms with Crippen LogP contribution in [-0.2, 0) is 0 Å². The van der Waals surface area contributed by atoms with Crippen LogP contribution in [0.25, 0.3) is 0 Å². The number of benzene rings is 2. The third-order valence-electron chi connectivity index (χ3n) is 3.37. The summed E-state index contributed by atoms with van der Waals surface area (Å²) in [5.74, 6) is 0.329. The van der Waals surface area contributed by atoms with E-state index in [1.807, 2.05) is 12.1 Å². The fraction of sp³-hybridized carbons (Fsp3) is 0.235. The van der Waals surface area contributed by atoms with Crippen molar-refractivity contribution in [3.8, 4) is 0 Å². The Morgan fingerprint density at radius 3 is 2.57 bits per heavy atom. The number of carbonyl (C=O) groups excluding carboxylic acids is 1. The van der Waals surface area contributed by atoms with Gasteiger partial charge >= 0.3 is 0 Å². The predicted octanol–water partition coefficient (Wildman–Crippen LogP) is 3.50. The summed E-state index contributed by atoms with van der Waals surface area (Å²) in [6.45, 7) is 4.30. The molecule has 0 aliphatic carbocycles. The fourth-order valence-electron chi connectivity index (χ4n) is 2.08. The van der Waals surface area contributed by atoms with Gasteiger partial charge < -0.3 is 16.4 Å². The standard InChI is InChI=1S/C17H21N3O/c1-11(2)12-5-4-6-14(9-12)20-16-10-13(17(21)19-3)7-8-15(16)18/h4-11,20H,18H2,1-3H3,(H,19,21). The van der Waals surface area contributed by atoms with Crippen LogP contribution in [0.3, 0.4) is 0 Å². The van der Waals surface area contributed by atoms with E-state index in [1.165, 1.54) is 5.56 Å². The van der Waals surface area contributed by atoms with E-state index in [0.717, 1.165) is 11.4 Å². The SMILES string of the molecule is CNC(=O)c1ccc(N)c(Nc2cccc(C(C)C)c2)c1. The minimum atomic E-state index is -0.131. The van der Waals surface area contributed by atoms with Crippen LogP contribution in [0.2, 0.25) is 0 Å². The van der Waals surface area contributed by atoms with E-state index >= 15 is 0 Å². The van der Waals surface area contributed by atoms with Gasteiger partial charge in [0.15, 0.2) is 0 Å². The van der Waals surface area contributed by atoms with Crippen LogP contribution >= 0.6 is 0 Å². The van der Waals surface area contributed by atoms with Crippen molar-refractivity contribution < 1.29 is 4.79 Å². The molecule has 0 bridgehead atoms. The molecule has 0 saturated carbocycles. The second kappa shape index (κ2) is 6.31. The molecule has 4 heteroatoms. The van der Waals surface area contributed by atoms with Crippen molar-refractivity contribution >= 4 is 23.0 Å². The number of anilines is 3. The summed E-state index contributed by atoms with van der Waals surface area (Å²) >= 11 is 0. The molecule has 0 spiro atoms. The zero-order valence-electron chi connectivity index (χ0n) is 12.6. The molecule has 0 heterocycles. The Hall–Kier alpha value is -2.49. The summed E-state index contributed by atoms with van der Waals surface area (Å²) in [6, 6.07) is 13.4. The van der Waals surface area contributed by atoms with Crippen LogP contribution in [0.5, 0.6) is 0 Å². The summed E-state index contributed by atoms with van der Waals surface area (Å²) in [5.41, 5.74) is 10.1. The minimum Gasteiger partial charge on any atom is -0.397 e. The average Bonchev–Trinajstić information content (AvgIpc) is 2.49. The van der Waals surface area contributed by atoms with Crippen molar-refractivity contribution in [2.24, 2.45) is 0 Å². The highest BCUT2D eigenvalue weighted by Gasteiger charge is 2.08. The lowest BCUT2D eigenvalue weighted by molar-refractivity contribution is 0.0963. The van der Waals surface area contributed by atoms with Gasteiger partial charge in [-0.15, -0.1) is 0 Å². The molecule has 4 nitrogen and oxygen atoms in total. The molecule has 0 aromatic heterocycles. The first-order valence-electron chi connectivity index (χ1n) is 7.00. The number of rotatable bonds is 4. The first-order valence-corrected chi connectivity index (χ1v) is 7.00. The Labute approximate surface area is 125 Å². The van der Waals surface area contributed by atoms with E-state index in [4.69, 9.17) is 5.73 Å². The van der Waals surface area contributed by atoms with Gasteiger partial charge in [0.25, 0.3) is 5.91 Å². The van der Waals surface area contributed by atoms with E-state index < -0.39 is 0 Å². The average molecular weight is 283 g/mol. The van der Waals surface area contributed by atoms with Gasteiger partial charge in [0.2, 0.25) is 0 Å². The Kier molecular flexibility index (Phi) is 4.48. The zero-order chi connectivity index (χ0) is 15.4. The molecule has 0 atom stereocenters. The Bertz CT molecular complexity index is 650. The third kappa shape index (κ3) is 3.54. The monoisotopic (exact) mass is 283 g/mol. The van der Waals surface area contributed by atoms with Gasteiger partial charge in [0.05, 0.1) is 11.4 Å². The molecule has 2 aromatic rings. The van der Waals surface area contributed by atoms with Gasteiger partial charge in [-0.05, 0) is 41.8 Å². The molecule has 2 aromatic carbocycles. The van der Waals surface area contributed by atoms with Crippen molar-refractivity contribution in [1.82, 2.24) is 5.32 Å². The highest BCUT2D eigenvalue weighted by Crippen LogP contribution is 2.26. The van der Waals surface area contributed by atoms with Crippen LogP contribution in [0.1, 0.15) is 35.7 Å². The van der Waals surface area contributed by atoms with Crippen LogP contribution in [0.4, 0.5) is 17.1 Å². The maximum Gasteiger partial charge on any atom is 0.251 e. The van der Waals surface area contributed by atoms with Crippen molar-refractivity contribution in [3.63, 3.8) is 0 Å². The minimum absolute atomic E-state index is 0.131. The molecule has 110 valence electrons. The van der Waals surface area contributed by atoms with Gasteiger partial charge in [-0.25, -0.2) is 0 Å². The van der Waals surface area contributed by atoms with Gasteiger partial charge in [0.1, 0.15) is 0 Å². The lowest BCUT2D eigenvalue weighted by Gasteiger charge is -2.13. The summed E-state index contributed by atoms with van der Waals surface area (Å²) in [5, 5.41) is 5.89. The molecule has 1 amide bonds. The van der Waals surface area contributed by atoms with Crippen molar-refractivity contribution in [2.75, 3.05) is 18.1 Å². The molecule has 2 rings (SSSR count). The predicted molar refractivity (Wildman–Crippen MR) is 88.1 cm³/mol. The van der Waals surface area contributed by atoms with Gasteiger partial charge in [-0.3, -0.25) is 4.79 Å². The number of carbonyl (C=O) groups is 1. The van der Waals surface area contributed by atoms with Crippen LogP contribution in [0, 0.1) is 0 Å². The Morgan fingerprint density at radius 2 is 1.90 bits per heavy atom. The lowest BCUT2D eigenvalue weighted by Crippen LogP contribution is -2.17. The van der Waals surface area contributed by atoms with E-state index in [1.54, 1.807) is 25.2 Å². The van der Waals surface area contributed by atoms with Gasteiger partial charge in [-0.1, -0.05) is 26.0 Å². The fourth-order valence-corrected chi connectivity index (χ4v) is 2.08. The molecule has 4 N–H and O–H groups in total. The van der Waals surface area contributed by atoms with Gasteiger partial charge in [0, 0.05) is 18.3 Å². The molecular weight excluding hydrogens is 262 g/mol. The molecule has 0 aliphatic heterocycles. The highest BCUT2D eigenvalue weighted by molar-refractivity contribution is 5.96. The Morgan fingerprint density at radius 1 is 1.14 bits per heavy atom. The van der Waals surface area contributed by atoms with Crippen molar-refractivity contribution in [1.29, 1.82) is 0 Å². The number of nitrogens with two attached hydrogens (primary N) is 1. The molecule has 0 radical (unpaired) electrons. The second-order valence-corrected chi connectivity index (χ2v) is 5.29. The molecule has 21 heavy (non-hydrogen) atoms. The largest absolute Gasteiger partial charge is 0.397 e. The first kappa shape index (κ1) is 14.9. The molecule has 0 fully saturated rings. The molecular formula is C17H21N3O. The Balaban J connectivity index is 2.30. The maximum atomic E-state index is 11.7. The number of amides is 1. The lowest BCUT2D eigenvalue weighted by atomic mass is 10.0. The summed E-state index contributed by atoms with van der Waals surface area (Å²) in [7, 11) is 1.61. The molecule has 0 aliphatic rings.